The number of anilines is 4. The van der Waals surface area contributed by atoms with Crippen molar-refractivity contribution in [2.24, 2.45) is 0 Å². The van der Waals surface area contributed by atoms with Gasteiger partial charge >= 0.3 is 0 Å². The van der Waals surface area contributed by atoms with Crippen molar-refractivity contribution in [3.63, 3.8) is 0 Å². The van der Waals surface area contributed by atoms with Crippen LogP contribution in [0.2, 0.25) is 5.02 Å². The predicted octanol–water partition coefficient (Wildman–Crippen LogP) is 4.67. The van der Waals surface area contributed by atoms with Crippen LogP contribution in [0, 0.1) is 5.82 Å². The van der Waals surface area contributed by atoms with Gasteiger partial charge in [-0.15, -0.1) is 0 Å². The Morgan fingerprint density at radius 2 is 1.83 bits per heavy atom. The van der Waals surface area contributed by atoms with Crippen molar-refractivity contribution >= 4 is 74.9 Å². The summed E-state index contributed by atoms with van der Waals surface area (Å²) in [4.78, 5) is 78.5. The highest BCUT2D eigenvalue weighted by Gasteiger charge is 2.46. The summed E-state index contributed by atoms with van der Waals surface area (Å²) < 4.78 is 19.3. The molecule has 3 atom stereocenters. The van der Waals surface area contributed by atoms with E-state index in [-0.39, 0.29) is 47.0 Å². The third-order valence-corrected chi connectivity index (χ3v) is 10.2. The van der Waals surface area contributed by atoms with Gasteiger partial charge in [0, 0.05) is 61.4 Å². The number of piperidine rings is 1. The van der Waals surface area contributed by atoms with Gasteiger partial charge in [-0.25, -0.2) is 14.4 Å². The van der Waals surface area contributed by atoms with E-state index in [1.807, 2.05) is 6.07 Å². The average molecular weight is 755 g/mol. The van der Waals surface area contributed by atoms with Crippen LogP contribution >= 0.6 is 11.6 Å². The van der Waals surface area contributed by atoms with E-state index in [4.69, 9.17) is 16.3 Å². The van der Waals surface area contributed by atoms with Gasteiger partial charge in [-0.1, -0.05) is 23.7 Å². The Morgan fingerprint density at radius 3 is 2.56 bits per heavy atom. The fraction of sp³-hybridized carbons (Fsp3) is 0.289. The molecule has 2 fully saturated rings. The number of nitrogens with one attached hydrogen (secondary N) is 3. The molecular formula is C38H36ClFN8O6. The highest BCUT2D eigenvalue weighted by Crippen LogP contribution is 2.36. The van der Waals surface area contributed by atoms with Crippen molar-refractivity contribution in [1.29, 1.82) is 0 Å². The first-order chi connectivity index (χ1) is 25.9. The molecule has 1 aromatic heterocycles. The summed E-state index contributed by atoms with van der Waals surface area (Å²) in [7, 11) is 1.49. The van der Waals surface area contributed by atoms with E-state index < -0.39 is 35.5 Å². The number of amides is 5. The first kappa shape index (κ1) is 36.4. The second kappa shape index (κ2) is 14.8. The molecule has 5 amide bonds. The van der Waals surface area contributed by atoms with E-state index in [9.17, 15) is 28.4 Å². The molecule has 3 aliphatic heterocycles. The number of benzene rings is 3. The fourth-order valence-corrected chi connectivity index (χ4v) is 7.47. The maximum atomic E-state index is 13.7. The second-order valence-corrected chi connectivity index (χ2v) is 13.8. The molecule has 278 valence electrons. The maximum Gasteiger partial charge on any atom is 0.264 e. The van der Waals surface area contributed by atoms with Crippen molar-refractivity contribution in [2.45, 2.75) is 44.8 Å². The van der Waals surface area contributed by atoms with Gasteiger partial charge in [-0.05, 0) is 56.7 Å². The summed E-state index contributed by atoms with van der Waals surface area (Å²) in [6.07, 6.45) is 4.74. The summed E-state index contributed by atoms with van der Waals surface area (Å²) in [5.74, 6) is -2.28. The normalized spacial score (nSPS) is 20.4. The quantitative estimate of drug-likeness (QED) is 0.161. The number of carbonyl (C=O) groups excluding carboxylic acids is 5. The van der Waals surface area contributed by atoms with Gasteiger partial charge in [0.05, 0.1) is 40.2 Å². The lowest BCUT2D eigenvalue weighted by Gasteiger charge is -2.45. The topological polar surface area (TPSA) is 166 Å². The van der Waals surface area contributed by atoms with Crippen molar-refractivity contribution in [1.82, 2.24) is 25.1 Å². The number of piperazine rings is 1. The van der Waals surface area contributed by atoms with Gasteiger partial charge in [0.2, 0.25) is 17.7 Å². The zero-order valence-electron chi connectivity index (χ0n) is 29.6. The Labute approximate surface area is 314 Å². The number of fused-ring (bicyclic) bond motifs is 2. The molecule has 2 saturated heterocycles. The lowest BCUT2D eigenvalue weighted by atomic mass is 10.0. The van der Waals surface area contributed by atoms with Gasteiger partial charge in [0.15, 0.2) is 0 Å². The smallest absolute Gasteiger partial charge is 0.264 e. The van der Waals surface area contributed by atoms with E-state index in [0.717, 1.165) is 4.90 Å². The van der Waals surface area contributed by atoms with Crippen LogP contribution in [-0.2, 0) is 14.4 Å². The van der Waals surface area contributed by atoms with Gasteiger partial charge in [-0.2, -0.15) is 0 Å². The molecule has 0 bridgehead atoms. The number of imide groups is 2. The van der Waals surface area contributed by atoms with E-state index in [2.05, 4.69) is 49.6 Å². The summed E-state index contributed by atoms with van der Waals surface area (Å²) in [6, 6.07) is 11.7. The molecule has 16 heteroatoms. The molecule has 3 aliphatic rings. The second-order valence-electron chi connectivity index (χ2n) is 13.4. The minimum absolute atomic E-state index is 0.00162. The number of aromatic nitrogens is 2. The number of hydrogen-bond acceptors (Lipinski definition) is 11. The van der Waals surface area contributed by atoms with E-state index >= 15 is 0 Å². The van der Waals surface area contributed by atoms with Crippen LogP contribution in [0.1, 0.15) is 47.4 Å². The summed E-state index contributed by atoms with van der Waals surface area (Å²) in [5.41, 5.74) is 2.57. The number of methoxy groups -OCH3 is 1. The largest absolute Gasteiger partial charge is 0.494 e. The van der Waals surface area contributed by atoms with Crippen LogP contribution in [0.5, 0.6) is 5.75 Å². The molecular weight excluding hydrogens is 719 g/mol. The minimum Gasteiger partial charge on any atom is -0.494 e. The van der Waals surface area contributed by atoms with Gasteiger partial charge < -0.3 is 20.3 Å². The molecule has 4 heterocycles. The third kappa shape index (κ3) is 6.95. The number of carbonyl (C=O) groups is 5. The van der Waals surface area contributed by atoms with Gasteiger partial charge in [-0.3, -0.25) is 39.1 Å². The van der Waals surface area contributed by atoms with Crippen LogP contribution in [0.3, 0.4) is 0 Å². The SMILES string of the molecule is COc1cc2ncnc(Nc3ccc(F)c(Cl)c3)c2cc1NC(=O)/C=C/CN1C(C)CN(c2cccc3c2C(=O)N(C2CCC(=O)NC2=O)C3=O)CC1C. The molecule has 0 aliphatic carbocycles. The van der Waals surface area contributed by atoms with Crippen LogP contribution in [0.15, 0.2) is 67.0 Å². The zero-order chi connectivity index (χ0) is 38.3. The summed E-state index contributed by atoms with van der Waals surface area (Å²) in [5, 5.41) is 8.77. The van der Waals surface area contributed by atoms with E-state index in [1.165, 1.54) is 37.7 Å². The maximum absolute atomic E-state index is 13.7. The average Bonchev–Trinajstić information content (AvgIpc) is 3.39. The number of rotatable bonds is 9. The van der Waals surface area contributed by atoms with Crippen molar-refractivity contribution < 1.29 is 33.1 Å². The van der Waals surface area contributed by atoms with E-state index in [1.54, 1.807) is 30.3 Å². The Bertz CT molecular complexity index is 2240. The Morgan fingerprint density at radius 1 is 1.06 bits per heavy atom. The number of hydrogen-bond donors (Lipinski definition) is 3. The first-order valence-corrected chi connectivity index (χ1v) is 17.7. The van der Waals surface area contributed by atoms with Crippen LogP contribution in [-0.4, -0.2) is 94.2 Å². The minimum atomic E-state index is -1.04. The highest BCUT2D eigenvalue weighted by atomic mass is 35.5. The van der Waals surface area contributed by atoms with Crippen LogP contribution in [0.25, 0.3) is 10.9 Å². The van der Waals surface area contributed by atoms with E-state index in [0.29, 0.717) is 59.2 Å². The highest BCUT2D eigenvalue weighted by molar-refractivity contribution is 6.31. The Balaban J connectivity index is 1.02. The molecule has 14 nitrogen and oxygen atoms in total. The monoisotopic (exact) mass is 754 g/mol. The standard InChI is InChI=1S/C38H36ClFN8O6/c1-20-17-46(29-7-4-6-23-34(29)38(53)48(37(23)52)30-11-12-33(50)45-36(30)51)18-21(2)47(20)13-5-8-32(49)44-28-15-24-27(16-31(28)54-3)41-19-42-35(24)43-22-9-10-26(40)25(39)14-22/h4-10,14-16,19-21,30H,11-13,17-18H2,1-3H3,(H,44,49)(H,41,42,43)(H,45,50,51)/b8-5+. The molecule has 0 spiro atoms. The lowest BCUT2D eigenvalue weighted by molar-refractivity contribution is -0.136. The summed E-state index contributed by atoms with van der Waals surface area (Å²) >= 11 is 5.96. The predicted molar refractivity (Wildman–Crippen MR) is 200 cm³/mol. The fourth-order valence-electron chi connectivity index (χ4n) is 7.29. The molecule has 0 radical (unpaired) electrons. The summed E-state index contributed by atoms with van der Waals surface area (Å²) in [6.45, 7) is 5.65. The van der Waals surface area contributed by atoms with Crippen molar-refractivity contribution in [3.8, 4) is 5.75 Å². The zero-order valence-corrected chi connectivity index (χ0v) is 30.3. The molecule has 3 N–H and O–H groups in total. The molecule has 4 aromatic rings. The van der Waals surface area contributed by atoms with Crippen molar-refractivity contribution in [3.05, 3.63) is 89.0 Å². The van der Waals surface area contributed by atoms with Gasteiger partial charge in [0.1, 0.15) is 29.8 Å². The third-order valence-electron chi connectivity index (χ3n) is 9.87. The lowest BCUT2D eigenvalue weighted by Crippen LogP contribution is -2.57. The van der Waals surface area contributed by atoms with Crippen LogP contribution in [0.4, 0.5) is 27.3 Å². The Kier molecular flexibility index (Phi) is 10.0. The van der Waals surface area contributed by atoms with Crippen molar-refractivity contribution in [2.75, 3.05) is 42.3 Å². The van der Waals surface area contributed by atoms with Crippen LogP contribution < -0.4 is 25.6 Å². The molecule has 7 rings (SSSR count). The number of halogens is 2. The number of ether oxygens (including phenoxy) is 1. The number of nitrogens with zero attached hydrogens (tertiary/aromatic N) is 5. The first-order valence-electron chi connectivity index (χ1n) is 17.3. The molecule has 54 heavy (non-hydrogen) atoms. The Hall–Kier alpha value is -5.93. The molecule has 3 unspecified atom stereocenters. The molecule has 0 saturated carbocycles. The van der Waals surface area contributed by atoms with Gasteiger partial charge in [0.25, 0.3) is 11.8 Å². The molecule has 3 aromatic carbocycles.